The minimum absolute atomic E-state index is 0.0296. The number of nitrogens with one attached hydrogen (secondary N) is 1. The summed E-state index contributed by atoms with van der Waals surface area (Å²) in [5.41, 5.74) is 2.05. The Balaban J connectivity index is 1.70. The number of quaternary nitrogens is 1. The summed E-state index contributed by atoms with van der Waals surface area (Å²) in [6.07, 6.45) is 1.65. The first-order valence-electron chi connectivity index (χ1n) is 9.02. The number of rotatable bonds is 8. The monoisotopic (exact) mass is 365 g/mol. The van der Waals surface area contributed by atoms with E-state index in [0.29, 0.717) is 6.54 Å². The Bertz CT molecular complexity index is 830. The van der Waals surface area contributed by atoms with E-state index < -0.39 is 0 Å². The molecule has 140 valence electrons. The summed E-state index contributed by atoms with van der Waals surface area (Å²) >= 11 is 0. The fourth-order valence-corrected chi connectivity index (χ4v) is 2.97. The van der Waals surface area contributed by atoms with Gasteiger partial charge < -0.3 is 19.8 Å². The van der Waals surface area contributed by atoms with Crippen LogP contribution in [-0.4, -0.2) is 19.6 Å². The Morgan fingerprint density at radius 1 is 1.04 bits per heavy atom. The molecule has 0 aliphatic heterocycles. The van der Waals surface area contributed by atoms with Crippen molar-refractivity contribution in [3.05, 3.63) is 89.9 Å². The summed E-state index contributed by atoms with van der Waals surface area (Å²) in [4.78, 5) is 12.6. The van der Waals surface area contributed by atoms with E-state index in [2.05, 4.69) is 5.32 Å². The minimum Gasteiger partial charge on any atom is -0.497 e. The van der Waals surface area contributed by atoms with Gasteiger partial charge in [-0.1, -0.05) is 42.5 Å². The quantitative estimate of drug-likeness (QED) is 0.645. The first-order chi connectivity index (χ1) is 13.2. The van der Waals surface area contributed by atoms with Crippen LogP contribution in [0.4, 0.5) is 0 Å². The number of ether oxygens (including phenoxy) is 1. The van der Waals surface area contributed by atoms with E-state index in [-0.39, 0.29) is 18.0 Å². The number of carbonyl (C=O) groups is 1. The predicted octanol–water partition coefficient (Wildman–Crippen LogP) is 2.82. The maximum Gasteiger partial charge on any atom is 0.275 e. The number of methoxy groups -OCH3 is 1. The van der Waals surface area contributed by atoms with Crippen LogP contribution in [0.3, 0.4) is 0 Å². The molecule has 0 saturated heterocycles. The highest BCUT2D eigenvalue weighted by molar-refractivity contribution is 5.77. The lowest BCUT2D eigenvalue weighted by Crippen LogP contribution is -2.87. The molecule has 1 heterocycles. The Morgan fingerprint density at radius 2 is 1.74 bits per heavy atom. The Hall–Kier alpha value is -3.05. The summed E-state index contributed by atoms with van der Waals surface area (Å²) < 4.78 is 10.6. The number of amides is 1. The topological polar surface area (TPSA) is 68.1 Å². The second kappa shape index (κ2) is 9.05. The highest BCUT2D eigenvalue weighted by atomic mass is 16.5. The molecular weight excluding hydrogens is 340 g/mol. The maximum atomic E-state index is 12.6. The molecule has 1 amide bonds. The lowest BCUT2D eigenvalue weighted by molar-refractivity contribution is -0.684. The standard InChI is InChI=1S/C22H24N2O3/c1-16(20-9-6-14-27-20)23-15-21(25)24-22(17-7-4-3-5-8-17)18-10-12-19(26-2)13-11-18/h3-14,16,22-23H,15H2,1-2H3,(H,24,25)/p+1/t16-,22-/m0/s1. The number of benzene rings is 2. The van der Waals surface area contributed by atoms with Crippen molar-refractivity contribution < 1.29 is 19.3 Å². The van der Waals surface area contributed by atoms with Crippen molar-refractivity contribution in [3.8, 4) is 5.75 Å². The number of furan rings is 1. The molecule has 3 N–H and O–H groups in total. The molecule has 5 nitrogen and oxygen atoms in total. The van der Waals surface area contributed by atoms with Gasteiger partial charge in [-0.3, -0.25) is 4.79 Å². The van der Waals surface area contributed by atoms with E-state index in [0.717, 1.165) is 22.6 Å². The molecule has 3 rings (SSSR count). The summed E-state index contributed by atoms with van der Waals surface area (Å²) in [6.45, 7) is 2.34. The summed E-state index contributed by atoms with van der Waals surface area (Å²) in [5.74, 6) is 1.62. The van der Waals surface area contributed by atoms with E-state index in [1.54, 1.807) is 13.4 Å². The molecule has 0 saturated carbocycles. The molecule has 2 aromatic carbocycles. The lowest BCUT2D eigenvalue weighted by Gasteiger charge is -2.20. The van der Waals surface area contributed by atoms with E-state index >= 15 is 0 Å². The molecule has 0 unspecified atom stereocenters. The summed E-state index contributed by atoms with van der Waals surface area (Å²) in [5, 5.41) is 5.11. The molecule has 0 bridgehead atoms. The normalized spacial score (nSPS) is 13.0. The third-order valence-corrected chi connectivity index (χ3v) is 4.54. The van der Waals surface area contributed by atoms with Crippen molar-refractivity contribution in [1.82, 2.24) is 5.32 Å². The third kappa shape index (κ3) is 4.99. The second-order valence-corrected chi connectivity index (χ2v) is 6.43. The molecule has 0 spiro atoms. The van der Waals surface area contributed by atoms with Crippen molar-refractivity contribution in [2.75, 3.05) is 13.7 Å². The molecule has 0 fully saturated rings. The van der Waals surface area contributed by atoms with Crippen molar-refractivity contribution in [2.24, 2.45) is 0 Å². The molecule has 5 heteroatoms. The fraction of sp³-hybridized carbons (Fsp3) is 0.227. The zero-order chi connectivity index (χ0) is 19.1. The Kier molecular flexibility index (Phi) is 6.28. The van der Waals surface area contributed by atoms with Crippen LogP contribution in [0.25, 0.3) is 0 Å². The van der Waals surface area contributed by atoms with E-state index in [9.17, 15) is 4.79 Å². The first-order valence-corrected chi connectivity index (χ1v) is 9.02. The van der Waals surface area contributed by atoms with Crippen LogP contribution >= 0.6 is 0 Å². The van der Waals surface area contributed by atoms with Crippen molar-refractivity contribution >= 4 is 5.91 Å². The average Bonchev–Trinajstić information content (AvgIpc) is 3.26. The second-order valence-electron chi connectivity index (χ2n) is 6.43. The number of carbonyl (C=O) groups excluding carboxylic acids is 1. The lowest BCUT2D eigenvalue weighted by atomic mass is 9.98. The Morgan fingerprint density at radius 3 is 2.37 bits per heavy atom. The SMILES string of the molecule is COc1ccc([C@@H](NC(=O)C[NH2+][C@@H](C)c2ccco2)c2ccccc2)cc1. The van der Waals surface area contributed by atoms with Crippen LogP contribution in [-0.2, 0) is 4.79 Å². The van der Waals surface area contributed by atoms with E-state index in [4.69, 9.17) is 9.15 Å². The molecular formula is C22H25N2O3+. The molecule has 27 heavy (non-hydrogen) atoms. The van der Waals surface area contributed by atoms with Crippen molar-refractivity contribution in [3.63, 3.8) is 0 Å². The van der Waals surface area contributed by atoms with Crippen LogP contribution in [0.5, 0.6) is 5.75 Å². The van der Waals surface area contributed by atoms with Gasteiger partial charge in [0, 0.05) is 0 Å². The third-order valence-electron chi connectivity index (χ3n) is 4.54. The average molecular weight is 365 g/mol. The zero-order valence-electron chi connectivity index (χ0n) is 15.6. The van der Waals surface area contributed by atoms with Gasteiger partial charge in [-0.05, 0) is 42.3 Å². The van der Waals surface area contributed by atoms with Gasteiger partial charge in [-0.25, -0.2) is 0 Å². The van der Waals surface area contributed by atoms with Gasteiger partial charge in [0.25, 0.3) is 5.91 Å². The van der Waals surface area contributed by atoms with Crippen LogP contribution < -0.4 is 15.4 Å². The minimum atomic E-state index is -0.211. The van der Waals surface area contributed by atoms with Crippen LogP contribution in [0.1, 0.15) is 35.9 Å². The first kappa shape index (κ1) is 18.7. The highest BCUT2D eigenvalue weighted by Crippen LogP contribution is 2.24. The maximum absolute atomic E-state index is 12.6. The van der Waals surface area contributed by atoms with Gasteiger partial charge in [0.1, 0.15) is 11.8 Å². The number of hydrogen-bond donors (Lipinski definition) is 2. The summed E-state index contributed by atoms with van der Waals surface area (Å²) in [7, 11) is 1.64. The van der Waals surface area contributed by atoms with Crippen molar-refractivity contribution in [2.45, 2.75) is 19.0 Å². The summed E-state index contributed by atoms with van der Waals surface area (Å²) in [6, 6.07) is 21.4. The van der Waals surface area contributed by atoms with E-state index in [1.807, 2.05) is 79.0 Å². The molecule has 0 radical (unpaired) electrons. The largest absolute Gasteiger partial charge is 0.497 e. The smallest absolute Gasteiger partial charge is 0.275 e. The predicted molar refractivity (Wildman–Crippen MR) is 103 cm³/mol. The number of nitrogens with two attached hydrogens (primary N) is 1. The van der Waals surface area contributed by atoms with Gasteiger partial charge in [-0.15, -0.1) is 0 Å². The fourth-order valence-electron chi connectivity index (χ4n) is 2.97. The van der Waals surface area contributed by atoms with Crippen LogP contribution in [0.2, 0.25) is 0 Å². The van der Waals surface area contributed by atoms with Gasteiger partial charge in [0.05, 0.1) is 19.4 Å². The van der Waals surface area contributed by atoms with Gasteiger partial charge in [-0.2, -0.15) is 0 Å². The Labute approximate surface area is 159 Å². The zero-order valence-corrected chi connectivity index (χ0v) is 15.6. The van der Waals surface area contributed by atoms with Crippen molar-refractivity contribution in [1.29, 1.82) is 0 Å². The molecule has 0 aliphatic carbocycles. The molecule has 1 aromatic heterocycles. The van der Waals surface area contributed by atoms with Gasteiger partial charge in [0.15, 0.2) is 12.3 Å². The molecule has 2 atom stereocenters. The van der Waals surface area contributed by atoms with E-state index in [1.165, 1.54) is 0 Å². The number of hydrogen-bond acceptors (Lipinski definition) is 3. The van der Waals surface area contributed by atoms with Gasteiger partial charge >= 0.3 is 0 Å². The highest BCUT2D eigenvalue weighted by Gasteiger charge is 2.19. The molecule has 0 aliphatic rings. The van der Waals surface area contributed by atoms with Crippen LogP contribution in [0.15, 0.2) is 77.4 Å². The van der Waals surface area contributed by atoms with Crippen LogP contribution in [0, 0.1) is 0 Å². The molecule has 3 aromatic rings. The van der Waals surface area contributed by atoms with Gasteiger partial charge in [0.2, 0.25) is 0 Å².